The van der Waals surface area contributed by atoms with Crippen LogP contribution in [0.25, 0.3) is 0 Å². The molecule has 2 aromatic rings. The van der Waals surface area contributed by atoms with E-state index in [1.165, 1.54) is 0 Å². The van der Waals surface area contributed by atoms with Gasteiger partial charge in [0, 0.05) is 12.2 Å². The van der Waals surface area contributed by atoms with E-state index in [4.69, 9.17) is 17.3 Å². The number of anilines is 2. The number of benzene rings is 2. The first-order valence-corrected chi connectivity index (χ1v) is 9.17. The van der Waals surface area contributed by atoms with E-state index in [0.717, 1.165) is 5.56 Å². The van der Waals surface area contributed by atoms with Crippen molar-refractivity contribution in [3.63, 3.8) is 0 Å². The molecule has 0 aromatic heterocycles. The highest BCUT2D eigenvalue weighted by atomic mass is 35.5. The predicted molar refractivity (Wildman–Crippen MR) is 117 cm³/mol. The topological polar surface area (TPSA) is 96.2 Å². The molecule has 0 spiro atoms. The highest BCUT2D eigenvalue weighted by Crippen LogP contribution is 2.20. The minimum absolute atomic E-state index is 0. The summed E-state index contributed by atoms with van der Waals surface area (Å²) in [4.78, 5) is 24.2. The fourth-order valence-corrected chi connectivity index (χ4v) is 2.70. The van der Waals surface area contributed by atoms with Crippen molar-refractivity contribution in [2.24, 2.45) is 11.7 Å². The smallest absolute Gasteiger partial charge is 0.319 e. The van der Waals surface area contributed by atoms with Crippen molar-refractivity contribution in [2.45, 2.75) is 32.9 Å². The molecular weight excluding hydrogens is 399 g/mol. The Kier molecular flexibility index (Phi) is 9.79. The van der Waals surface area contributed by atoms with Crippen LogP contribution in [0.2, 0.25) is 5.02 Å². The zero-order valence-electron chi connectivity index (χ0n) is 15.9. The maximum absolute atomic E-state index is 12.1. The minimum Gasteiger partial charge on any atom is -0.334 e. The van der Waals surface area contributed by atoms with Crippen molar-refractivity contribution in [3.05, 3.63) is 59.1 Å². The molecule has 0 aliphatic rings. The van der Waals surface area contributed by atoms with Gasteiger partial charge in [0.2, 0.25) is 5.91 Å². The summed E-state index contributed by atoms with van der Waals surface area (Å²) in [5.41, 5.74) is 7.93. The van der Waals surface area contributed by atoms with Crippen LogP contribution in [0.15, 0.2) is 48.5 Å². The molecule has 0 fully saturated rings. The number of halogens is 2. The predicted octanol–water partition coefficient (Wildman–Crippen LogP) is 4.40. The van der Waals surface area contributed by atoms with Crippen LogP contribution in [0.3, 0.4) is 0 Å². The maximum Gasteiger partial charge on any atom is 0.319 e. The normalized spacial score (nSPS) is 11.3. The van der Waals surface area contributed by atoms with Gasteiger partial charge in [0.25, 0.3) is 0 Å². The summed E-state index contributed by atoms with van der Waals surface area (Å²) in [7, 11) is 0. The van der Waals surface area contributed by atoms with Crippen molar-refractivity contribution in [1.29, 1.82) is 0 Å². The van der Waals surface area contributed by atoms with Crippen LogP contribution in [0.5, 0.6) is 0 Å². The molecule has 0 aliphatic heterocycles. The third-order valence-corrected chi connectivity index (χ3v) is 4.16. The molecule has 0 saturated carbocycles. The lowest BCUT2D eigenvalue weighted by Gasteiger charge is -2.15. The Labute approximate surface area is 176 Å². The lowest BCUT2D eigenvalue weighted by molar-refractivity contribution is -0.117. The molecule has 5 N–H and O–H groups in total. The molecule has 8 heteroatoms. The molecule has 6 nitrogen and oxygen atoms in total. The molecule has 0 aliphatic carbocycles. The Morgan fingerprint density at radius 3 is 2.46 bits per heavy atom. The Morgan fingerprint density at radius 2 is 1.79 bits per heavy atom. The standard InChI is InChI=1S/C20H25ClN4O2.ClH/c1-13(2)10-17(22)19(26)24-15-7-5-6-14(11-15)12-23-20(27)25-18-9-4-3-8-16(18)21;/h3-9,11,13,17H,10,12,22H2,1-2H3,(H,24,26)(H2,23,25,27);1H/t17-;/m0./s1. The van der Waals surface area contributed by atoms with E-state index < -0.39 is 6.04 Å². The van der Waals surface area contributed by atoms with Gasteiger partial charge < -0.3 is 21.7 Å². The van der Waals surface area contributed by atoms with Crippen LogP contribution in [-0.2, 0) is 11.3 Å². The number of hydrogen-bond donors (Lipinski definition) is 4. The second-order valence-electron chi connectivity index (χ2n) is 6.71. The Bertz CT molecular complexity index is 799. The first-order chi connectivity index (χ1) is 12.8. The van der Waals surface area contributed by atoms with Gasteiger partial charge in [-0.3, -0.25) is 4.79 Å². The van der Waals surface area contributed by atoms with Crippen molar-refractivity contribution in [2.75, 3.05) is 10.6 Å². The summed E-state index contributed by atoms with van der Waals surface area (Å²) in [6, 6.07) is 13.3. The molecule has 1 atom stereocenters. The molecule has 152 valence electrons. The third-order valence-electron chi connectivity index (χ3n) is 3.83. The van der Waals surface area contributed by atoms with Crippen molar-refractivity contribution in [3.8, 4) is 0 Å². The van der Waals surface area contributed by atoms with Gasteiger partial charge in [-0.15, -0.1) is 12.4 Å². The summed E-state index contributed by atoms with van der Waals surface area (Å²) in [6.07, 6.45) is 0.620. The van der Waals surface area contributed by atoms with E-state index in [-0.39, 0.29) is 24.3 Å². The molecule has 28 heavy (non-hydrogen) atoms. The fraction of sp³-hybridized carbons (Fsp3) is 0.300. The fourth-order valence-electron chi connectivity index (χ4n) is 2.52. The molecule has 0 saturated heterocycles. The van der Waals surface area contributed by atoms with E-state index in [1.54, 1.807) is 36.4 Å². The molecule has 2 aromatic carbocycles. The summed E-state index contributed by atoms with van der Waals surface area (Å²) < 4.78 is 0. The molecule has 0 radical (unpaired) electrons. The summed E-state index contributed by atoms with van der Waals surface area (Å²) >= 11 is 6.02. The highest BCUT2D eigenvalue weighted by Gasteiger charge is 2.15. The number of rotatable bonds is 7. The van der Waals surface area contributed by atoms with Gasteiger partial charge in [0.1, 0.15) is 0 Å². The quantitative estimate of drug-likeness (QED) is 0.530. The van der Waals surface area contributed by atoms with Gasteiger partial charge in [0.15, 0.2) is 0 Å². The van der Waals surface area contributed by atoms with E-state index in [2.05, 4.69) is 16.0 Å². The Hall–Kier alpha value is -2.28. The summed E-state index contributed by atoms with van der Waals surface area (Å²) in [6.45, 7) is 4.35. The van der Waals surface area contributed by atoms with Crippen LogP contribution in [0, 0.1) is 5.92 Å². The van der Waals surface area contributed by atoms with E-state index >= 15 is 0 Å². The molecule has 0 bridgehead atoms. The first kappa shape index (κ1) is 23.8. The highest BCUT2D eigenvalue weighted by molar-refractivity contribution is 6.33. The SMILES string of the molecule is CC(C)C[C@H](N)C(=O)Nc1cccc(CNC(=O)Nc2ccccc2Cl)c1.Cl. The number of hydrogen-bond acceptors (Lipinski definition) is 3. The van der Waals surface area contributed by atoms with Crippen LogP contribution < -0.4 is 21.7 Å². The molecule has 3 amide bonds. The summed E-state index contributed by atoms with van der Waals surface area (Å²) in [5, 5.41) is 8.73. The minimum atomic E-state index is -0.548. The largest absolute Gasteiger partial charge is 0.334 e. The van der Waals surface area contributed by atoms with Gasteiger partial charge in [-0.1, -0.05) is 49.7 Å². The third kappa shape index (κ3) is 7.76. The Morgan fingerprint density at radius 1 is 1.07 bits per heavy atom. The van der Waals surface area contributed by atoms with Gasteiger partial charge in [-0.05, 0) is 42.2 Å². The van der Waals surface area contributed by atoms with Crippen LogP contribution in [0.1, 0.15) is 25.8 Å². The molecular formula is C20H26Cl2N4O2. The van der Waals surface area contributed by atoms with Crippen molar-refractivity contribution in [1.82, 2.24) is 5.32 Å². The number of nitrogens with two attached hydrogens (primary N) is 1. The van der Waals surface area contributed by atoms with Crippen LogP contribution in [-0.4, -0.2) is 18.0 Å². The molecule has 2 rings (SSSR count). The second-order valence-corrected chi connectivity index (χ2v) is 7.12. The van der Waals surface area contributed by atoms with Gasteiger partial charge in [0.05, 0.1) is 16.8 Å². The number of para-hydroxylation sites is 1. The molecule has 0 unspecified atom stereocenters. The zero-order chi connectivity index (χ0) is 19.8. The van der Waals surface area contributed by atoms with Crippen LogP contribution in [0.4, 0.5) is 16.2 Å². The average Bonchev–Trinajstić information content (AvgIpc) is 2.61. The first-order valence-electron chi connectivity index (χ1n) is 8.80. The molecule has 0 heterocycles. The number of amides is 3. The van der Waals surface area contributed by atoms with E-state index in [0.29, 0.717) is 35.3 Å². The number of nitrogens with one attached hydrogen (secondary N) is 3. The summed E-state index contributed by atoms with van der Waals surface area (Å²) in [5.74, 6) is 0.128. The monoisotopic (exact) mass is 424 g/mol. The van der Waals surface area contributed by atoms with Crippen molar-refractivity contribution < 1.29 is 9.59 Å². The van der Waals surface area contributed by atoms with Gasteiger partial charge >= 0.3 is 6.03 Å². The second kappa shape index (κ2) is 11.5. The Balaban J connectivity index is 0.00000392. The van der Waals surface area contributed by atoms with E-state index in [1.807, 2.05) is 26.0 Å². The van der Waals surface area contributed by atoms with Gasteiger partial charge in [-0.25, -0.2) is 4.79 Å². The number of carbonyl (C=O) groups is 2. The zero-order valence-corrected chi connectivity index (χ0v) is 17.4. The number of carbonyl (C=O) groups excluding carboxylic acids is 2. The lowest BCUT2D eigenvalue weighted by atomic mass is 10.0. The maximum atomic E-state index is 12.1. The van der Waals surface area contributed by atoms with Gasteiger partial charge in [-0.2, -0.15) is 0 Å². The van der Waals surface area contributed by atoms with Crippen LogP contribution >= 0.6 is 24.0 Å². The average molecular weight is 425 g/mol. The lowest BCUT2D eigenvalue weighted by Crippen LogP contribution is -2.36. The van der Waals surface area contributed by atoms with Crippen molar-refractivity contribution >= 4 is 47.3 Å². The number of urea groups is 1. The van der Waals surface area contributed by atoms with E-state index in [9.17, 15) is 9.59 Å².